The Labute approximate surface area is 89.1 Å². The predicted octanol–water partition coefficient (Wildman–Crippen LogP) is 2.05. The molecule has 14 heavy (non-hydrogen) atoms. The lowest BCUT2D eigenvalue weighted by atomic mass is 10.3. The van der Waals surface area contributed by atoms with Crippen LogP contribution in [0.25, 0.3) is 0 Å². The molecule has 6 heteroatoms. The third kappa shape index (κ3) is 2.08. The molecule has 1 aromatic rings. The van der Waals surface area contributed by atoms with E-state index in [0.29, 0.717) is 0 Å². The lowest BCUT2D eigenvalue weighted by molar-refractivity contribution is 0.174. The molecule has 0 aromatic heterocycles. The summed E-state index contributed by atoms with van der Waals surface area (Å²) < 4.78 is 10.4. The average molecular weight is 228 g/mol. The van der Waals surface area contributed by atoms with Crippen LogP contribution in [0.15, 0.2) is 23.1 Å². The first-order chi connectivity index (χ1) is 6.75. The first-order valence-electron chi connectivity index (χ1n) is 3.84. The standard InChI is InChI=1S/C8H8N2O2S2/c9-8(10)14-13-5-1-2-6-7(3-5)12-4-11-6/h1-3H,4H2,(H3,9,10). The van der Waals surface area contributed by atoms with E-state index in [-0.39, 0.29) is 12.0 Å². The van der Waals surface area contributed by atoms with Crippen molar-refractivity contribution in [1.82, 2.24) is 0 Å². The number of nitrogens with two attached hydrogens (primary N) is 1. The number of nitrogens with one attached hydrogen (secondary N) is 1. The van der Waals surface area contributed by atoms with Gasteiger partial charge in [-0.2, -0.15) is 0 Å². The molecule has 0 aliphatic carbocycles. The third-order valence-electron chi connectivity index (χ3n) is 1.57. The molecular weight excluding hydrogens is 220 g/mol. The van der Waals surface area contributed by atoms with Crippen molar-refractivity contribution in [3.63, 3.8) is 0 Å². The highest BCUT2D eigenvalue weighted by molar-refractivity contribution is 8.82. The van der Waals surface area contributed by atoms with Gasteiger partial charge in [-0.05, 0) is 39.8 Å². The fourth-order valence-corrected chi connectivity index (χ4v) is 2.36. The SMILES string of the molecule is N=C(N)SSc1ccc2c(c1)OCO2. The molecule has 0 spiro atoms. The molecule has 1 aromatic carbocycles. The van der Waals surface area contributed by atoms with E-state index < -0.39 is 0 Å². The summed E-state index contributed by atoms with van der Waals surface area (Å²) in [5, 5.41) is 7.15. The summed E-state index contributed by atoms with van der Waals surface area (Å²) in [6, 6.07) is 5.64. The minimum absolute atomic E-state index is 0.0904. The number of amidine groups is 1. The molecule has 0 amide bonds. The summed E-state index contributed by atoms with van der Waals surface area (Å²) in [4.78, 5) is 0.995. The molecule has 0 bridgehead atoms. The Hall–Kier alpha value is -1.01. The van der Waals surface area contributed by atoms with Gasteiger partial charge in [0.15, 0.2) is 16.7 Å². The number of hydrogen-bond acceptors (Lipinski definition) is 5. The van der Waals surface area contributed by atoms with Gasteiger partial charge in [-0.3, -0.25) is 5.41 Å². The summed E-state index contributed by atoms with van der Waals surface area (Å²) in [5.41, 5.74) is 5.22. The maximum atomic E-state index is 7.06. The van der Waals surface area contributed by atoms with Gasteiger partial charge in [0, 0.05) is 4.90 Å². The van der Waals surface area contributed by atoms with Crippen LogP contribution in [0.3, 0.4) is 0 Å². The number of hydrogen-bond donors (Lipinski definition) is 2. The first kappa shape index (κ1) is 9.54. The zero-order valence-corrected chi connectivity index (χ0v) is 8.78. The van der Waals surface area contributed by atoms with E-state index >= 15 is 0 Å². The fraction of sp³-hybridized carbons (Fsp3) is 0.125. The lowest BCUT2D eigenvalue weighted by Crippen LogP contribution is -2.00. The van der Waals surface area contributed by atoms with Gasteiger partial charge in [-0.1, -0.05) is 0 Å². The topological polar surface area (TPSA) is 68.3 Å². The first-order valence-corrected chi connectivity index (χ1v) is 5.99. The van der Waals surface area contributed by atoms with Gasteiger partial charge in [-0.25, -0.2) is 0 Å². The van der Waals surface area contributed by atoms with Crippen LogP contribution in [-0.4, -0.2) is 12.0 Å². The molecule has 74 valence electrons. The third-order valence-corrected chi connectivity index (χ3v) is 3.65. The zero-order valence-electron chi connectivity index (χ0n) is 7.15. The van der Waals surface area contributed by atoms with Crippen molar-refractivity contribution >= 4 is 26.8 Å². The normalized spacial score (nSPS) is 12.9. The monoisotopic (exact) mass is 228 g/mol. The van der Waals surface area contributed by atoms with Crippen molar-refractivity contribution < 1.29 is 9.47 Å². The molecule has 1 aliphatic rings. The Bertz CT molecular complexity index is 370. The van der Waals surface area contributed by atoms with Crippen LogP contribution in [0, 0.1) is 5.41 Å². The van der Waals surface area contributed by atoms with Crippen molar-refractivity contribution in [2.24, 2.45) is 5.73 Å². The second-order valence-electron chi connectivity index (χ2n) is 2.55. The number of fused-ring (bicyclic) bond motifs is 1. The quantitative estimate of drug-likeness (QED) is 0.460. The highest BCUT2D eigenvalue weighted by Gasteiger charge is 2.13. The molecule has 0 saturated heterocycles. The Kier molecular flexibility index (Phi) is 2.74. The molecule has 4 nitrogen and oxygen atoms in total. The van der Waals surface area contributed by atoms with Crippen LogP contribution in [0.5, 0.6) is 11.5 Å². The summed E-state index contributed by atoms with van der Waals surface area (Å²) in [7, 11) is 2.64. The Balaban J connectivity index is 2.09. The van der Waals surface area contributed by atoms with E-state index in [1.165, 1.54) is 21.6 Å². The minimum Gasteiger partial charge on any atom is -0.454 e. The Morgan fingerprint density at radius 1 is 1.36 bits per heavy atom. The van der Waals surface area contributed by atoms with Crippen LogP contribution in [0.4, 0.5) is 0 Å². The minimum atomic E-state index is 0.0904. The van der Waals surface area contributed by atoms with Gasteiger partial charge in [0.05, 0.1) is 0 Å². The molecule has 1 heterocycles. The van der Waals surface area contributed by atoms with Gasteiger partial charge in [-0.15, -0.1) is 0 Å². The molecule has 3 N–H and O–H groups in total. The van der Waals surface area contributed by atoms with E-state index in [1.807, 2.05) is 18.2 Å². The van der Waals surface area contributed by atoms with Crippen molar-refractivity contribution in [2.45, 2.75) is 4.90 Å². The summed E-state index contributed by atoms with van der Waals surface area (Å²) in [5.74, 6) is 1.52. The summed E-state index contributed by atoms with van der Waals surface area (Å²) in [6.45, 7) is 0.281. The van der Waals surface area contributed by atoms with Crippen LogP contribution < -0.4 is 15.2 Å². The smallest absolute Gasteiger partial charge is 0.231 e. The van der Waals surface area contributed by atoms with Crippen LogP contribution in [0.2, 0.25) is 0 Å². The van der Waals surface area contributed by atoms with Crippen molar-refractivity contribution in [2.75, 3.05) is 6.79 Å². The molecule has 0 saturated carbocycles. The maximum absolute atomic E-state index is 7.06. The predicted molar refractivity (Wildman–Crippen MR) is 57.9 cm³/mol. The Morgan fingerprint density at radius 2 is 2.14 bits per heavy atom. The molecular formula is C8H8N2O2S2. The van der Waals surface area contributed by atoms with Crippen LogP contribution >= 0.6 is 21.6 Å². The van der Waals surface area contributed by atoms with Crippen molar-refractivity contribution in [3.05, 3.63) is 18.2 Å². The zero-order chi connectivity index (χ0) is 9.97. The molecule has 0 radical (unpaired) electrons. The van der Waals surface area contributed by atoms with Crippen LogP contribution in [-0.2, 0) is 0 Å². The molecule has 1 aliphatic heterocycles. The second kappa shape index (κ2) is 4.02. The highest BCUT2D eigenvalue weighted by Crippen LogP contribution is 2.38. The number of benzene rings is 1. The van der Waals surface area contributed by atoms with E-state index in [0.717, 1.165) is 16.4 Å². The largest absolute Gasteiger partial charge is 0.454 e. The van der Waals surface area contributed by atoms with E-state index in [2.05, 4.69) is 0 Å². The van der Waals surface area contributed by atoms with E-state index in [9.17, 15) is 0 Å². The summed E-state index contributed by atoms with van der Waals surface area (Å²) in [6.07, 6.45) is 0. The van der Waals surface area contributed by atoms with Gasteiger partial charge < -0.3 is 15.2 Å². The average Bonchev–Trinajstić information content (AvgIpc) is 2.61. The molecule has 0 fully saturated rings. The van der Waals surface area contributed by atoms with Crippen LogP contribution in [0.1, 0.15) is 0 Å². The Morgan fingerprint density at radius 3 is 2.93 bits per heavy atom. The summed E-state index contributed by atoms with van der Waals surface area (Å²) >= 11 is 0. The lowest BCUT2D eigenvalue weighted by Gasteiger charge is -2.00. The van der Waals surface area contributed by atoms with Gasteiger partial charge in [0.1, 0.15) is 0 Å². The second-order valence-corrected chi connectivity index (χ2v) is 4.79. The van der Waals surface area contributed by atoms with Crippen molar-refractivity contribution in [1.29, 1.82) is 5.41 Å². The highest BCUT2D eigenvalue weighted by atomic mass is 33.1. The van der Waals surface area contributed by atoms with E-state index in [4.69, 9.17) is 20.6 Å². The van der Waals surface area contributed by atoms with Gasteiger partial charge >= 0.3 is 0 Å². The van der Waals surface area contributed by atoms with E-state index in [1.54, 1.807) is 0 Å². The number of rotatable bonds is 2. The molecule has 2 rings (SSSR count). The van der Waals surface area contributed by atoms with Gasteiger partial charge in [0.25, 0.3) is 0 Å². The maximum Gasteiger partial charge on any atom is 0.231 e. The molecule has 0 atom stereocenters. The van der Waals surface area contributed by atoms with Crippen molar-refractivity contribution in [3.8, 4) is 11.5 Å². The van der Waals surface area contributed by atoms with Gasteiger partial charge in [0.2, 0.25) is 6.79 Å². The molecule has 0 unspecified atom stereocenters. The number of ether oxygens (including phenoxy) is 2. The fourth-order valence-electron chi connectivity index (χ4n) is 1.02.